The second kappa shape index (κ2) is 8.43. The van der Waals surface area contributed by atoms with Gasteiger partial charge in [0.05, 0.1) is 11.5 Å². The van der Waals surface area contributed by atoms with Crippen molar-refractivity contribution in [2.75, 3.05) is 19.0 Å². The lowest BCUT2D eigenvalue weighted by Crippen LogP contribution is -2.60. The van der Waals surface area contributed by atoms with Crippen molar-refractivity contribution < 1.29 is 14.3 Å². The summed E-state index contributed by atoms with van der Waals surface area (Å²) in [5, 5.41) is 12.3. The Bertz CT molecular complexity index is 936. The lowest BCUT2D eigenvalue weighted by Gasteiger charge is -2.50. The molecule has 1 N–H and O–H groups in total. The first-order valence-corrected chi connectivity index (χ1v) is 11.3. The van der Waals surface area contributed by atoms with Crippen LogP contribution in [-0.4, -0.2) is 46.1 Å². The Kier molecular flexibility index (Phi) is 5.88. The van der Waals surface area contributed by atoms with Crippen molar-refractivity contribution in [3.8, 4) is 0 Å². The monoisotopic (exact) mass is 428 g/mol. The van der Waals surface area contributed by atoms with Crippen LogP contribution in [0.4, 0.5) is 5.13 Å². The van der Waals surface area contributed by atoms with Gasteiger partial charge in [0, 0.05) is 19.2 Å². The molecule has 1 aromatic heterocycles. The van der Waals surface area contributed by atoms with Crippen molar-refractivity contribution >= 4 is 28.3 Å². The van der Waals surface area contributed by atoms with Gasteiger partial charge >= 0.3 is 0 Å². The van der Waals surface area contributed by atoms with Gasteiger partial charge in [-0.05, 0) is 30.4 Å². The molecule has 7 nitrogen and oxygen atoms in total. The molecule has 1 fully saturated rings. The van der Waals surface area contributed by atoms with Crippen molar-refractivity contribution in [1.29, 1.82) is 0 Å². The van der Waals surface area contributed by atoms with Gasteiger partial charge < -0.3 is 9.64 Å². The number of nitrogens with zero attached hydrogens (tertiary/aromatic N) is 3. The highest BCUT2D eigenvalue weighted by molar-refractivity contribution is 7.15. The number of anilines is 1. The number of carbonyl (C=O) groups excluding carboxylic acids is 2. The zero-order chi connectivity index (χ0) is 21.3. The van der Waals surface area contributed by atoms with Crippen molar-refractivity contribution in [3.05, 3.63) is 40.4 Å². The fourth-order valence-electron chi connectivity index (χ4n) is 4.96. The number of aromatic nitrogens is 2. The normalized spacial score (nSPS) is 20.1. The van der Waals surface area contributed by atoms with Crippen molar-refractivity contribution in [2.45, 2.75) is 57.6 Å². The largest absolute Gasteiger partial charge is 0.377 e. The van der Waals surface area contributed by atoms with Gasteiger partial charge in [0.25, 0.3) is 5.91 Å². The van der Waals surface area contributed by atoms with E-state index < -0.39 is 11.5 Å². The van der Waals surface area contributed by atoms with E-state index in [-0.39, 0.29) is 11.8 Å². The van der Waals surface area contributed by atoms with E-state index in [2.05, 4.69) is 29.4 Å². The van der Waals surface area contributed by atoms with Crippen molar-refractivity contribution in [2.24, 2.45) is 5.92 Å². The van der Waals surface area contributed by atoms with Gasteiger partial charge in [0.1, 0.15) is 11.6 Å². The van der Waals surface area contributed by atoms with Gasteiger partial charge in [-0.3, -0.25) is 14.9 Å². The van der Waals surface area contributed by atoms with Crippen LogP contribution in [0.25, 0.3) is 0 Å². The SMILES string of the molecule is COCc1nnc(NC(=O)C2c3ccccc3C(=O)N(CC(C)C)C23CCCC3)s1. The maximum absolute atomic E-state index is 13.7. The third kappa shape index (κ3) is 3.63. The van der Waals surface area contributed by atoms with Gasteiger partial charge in [0.2, 0.25) is 11.0 Å². The Morgan fingerprint density at radius 3 is 2.73 bits per heavy atom. The maximum atomic E-state index is 13.7. The van der Waals surface area contributed by atoms with Crippen LogP contribution in [0.1, 0.15) is 66.4 Å². The molecule has 2 amide bonds. The van der Waals surface area contributed by atoms with E-state index in [1.54, 1.807) is 7.11 Å². The quantitative estimate of drug-likeness (QED) is 0.756. The minimum atomic E-state index is -0.486. The van der Waals surface area contributed by atoms with Crippen molar-refractivity contribution in [3.63, 3.8) is 0 Å². The van der Waals surface area contributed by atoms with Crippen LogP contribution in [-0.2, 0) is 16.1 Å². The van der Waals surface area contributed by atoms with Crippen LogP contribution in [0.5, 0.6) is 0 Å². The van der Waals surface area contributed by atoms with Gasteiger partial charge in [-0.1, -0.05) is 56.2 Å². The predicted octanol–water partition coefficient (Wildman–Crippen LogP) is 3.83. The lowest BCUT2D eigenvalue weighted by molar-refractivity contribution is -0.121. The molecule has 2 aliphatic rings. The van der Waals surface area contributed by atoms with Crippen LogP contribution < -0.4 is 5.32 Å². The molecule has 4 rings (SSSR count). The number of fused-ring (bicyclic) bond motifs is 1. The van der Waals surface area contributed by atoms with Crippen LogP contribution in [0, 0.1) is 5.92 Å². The average Bonchev–Trinajstić information content (AvgIpc) is 3.36. The molecule has 1 atom stereocenters. The Labute approximate surface area is 180 Å². The van der Waals surface area contributed by atoms with Gasteiger partial charge in [0.15, 0.2) is 0 Å². The Morgan fingerprint density at radius 1 is 1.30 bits per heavy atom. The van der Waals surface area contributed by atoms with Gasteiger partial charge in [-0.25, -0.2) is 0 Å². The Morgan fingerprint density at radius 2 is 2.03 bits per heavy atom. The number of methoxy groups -OCH3 is 1. The topological polar surface area (TPSA) is 84.4 Å². The zero-order valence-electron chi connectivity index (χ0n) is 17.7. The molecule has 2 aromatic rings. The summed E-state index contributed by atoms with van der Waals surface area (Å²) >= 11 is 1.31. The molecule has 2 heterocycles. The number of rotatable bonds is 6. The molecule has 0 saturated heterocycles. The molecule has 160 valence electrons. The Hall–Kier alpha value is -2.32. The average molecular weight is 429 g/mol. The molecular formula is C22H28N4O3S. The van der Waals surface area contributed by atoms with E-state index >= 15 is 0 Å². The predicted molar refractivity (Wildman–Crippen MR) is 116 cm³/mol. The summed E-state index contributed by atoms with van der Waals surface area (Å²) < 4.78 is 5.10. The highest BCUT2D eigenvalue weighted by atomic mass is 32.1. The fraction of sp³-hybridized carbons (Fsp3) is 0.545. The summed E-state index contributed by atoms with van der Waals surface area (Å²) in [6, 6.07) is 7.55. The fourth-order valence-corrected chi connectivity index (χ4v) is 5.68. The van der Waals surface area contributed by atoms with E-state index in [4.69, 9.17) is 4.74 Å². The van der Waals surface area contributed by atoms with Gasteiger partial charge in [-0.15, -0.1) is 10.2 Å². The molecule has 1 aromatic carbocycles. The third-order valence-electron chi connectivity index (χ3n) is 6.07. The number of hydrogen-bond acceptors (Lipinski definition) is 6. The van der Waals surface area contributed by atoms with Crippen LogP contribution in [0.3, 0.4) is 0 Å². The number of nitrogens with one attached hydrogen (secondary N) is 1. The number of ether oxygens (including phenoxy) is 1. The summed E-state index contributed by atoms with van der Waals surface area (Å²) in [5.41, 5.74) is 0.969. The minimum absolute atomic E-state index is 0.0450. The summed E-state index contributed by atoms with van der Waals surface area (Å²) in [6.45, 7) is 5.24. The highest BCUT2D eigenvalue weighted by Crippen LogP contribution is 2.50. The maximum Gasteiger partial charge on any atom is 0.254 e. The first-order chi connectivity index (χ1) is 14.5. The van der Waals surface area contributed by atoms with E-state index in [0.717, 1.165) is 31.2 Å². The number of benzene rings is 1. The lowest BCUT2D eigenvalue weighted by atomic mass is 9.70. The number of carbonyl (C=O) groups is 2. The van der Waals surface area contributed by atoms with E-state index in [1.165, 1.54) is 11.3 Å². The Balaban J connectivity index is 1.75. The summed E-state index contributed by atoms with van der Waals surface area (Å²) in [4.78, 5) is 29.1. The molecule has 30 heavy (non-hydrogen) atoms. The summed E-state index contributed by atoms with van der Waals surface area (Å²) in [5.74, 6) is -0.183. The van der Waals surface area contributed by atoms with Crippen LogP contribution >= 0.6 is 11.3 Å². The standard InChI is InChI=1S/C22H28N4O3S/c1-14(2)12-26-20(28)16-9-5-4-8-15(16)18(22(26)10-6-7-11-22)19(27)23-21-25-24-17(30-21)13-29-3/h4-5,8-9,14,18H,6-7,10-13H2,1-3H3,(H,23,25,27). The number of hydrogen-bond donors (Lipinski definition) is 1. The molecule has 0 radical (unpaired) electrons. The number of amides is 2. The molecule has 1 aliphatic carbocycles. The second-order valence-electron chi connectivity index (χ2n) is 8.56. The molecule has 1 saturated carbocycles. The van der Waals surface area contributed by atoms with Crippen LogP contribution in [0.2, 0.25) is 0 Å². The van der Waals surface area contributed by atoms with E-state index in [1.807, 2.05) is 29.2 Å². The summed E-state index contributed by atoms with van der Waals surface area (Å²) in [7, 11) is 1.60. The highest BCUT2D eigenvalue weighted by Gasteiger charge is 2.55. The van der Waals surface area contributed by atoms with E-state index in [0.29, 0.717) is 34.8 Å². The first kappa shape index (κ1) is 20.9. The molecule has 8 heteroatoms. The zero-order valence-corrected chi connectivity index (χ0v) is 18.5. The first-order valence-electron chi connectivity index (χ1n) is 10.5. The van der Waals surface area contributed by atoms with E-state index in [9.17, 15) is 9.59 Å². The van der Waals surface area contributed by atoms with Crippen LogP contribution in [0.15, 0.2) is 24.3 Å². The third-order valence-corrected chi connectivity index (χ3v) is 6.88. The summed E-state index contributed by atoms with van der Waals surface area (Å²) in [6.07, 6.45) is 3.71. The molecular weight excluding hydrogens is 400 g/mol. The second-order valence-corrected chi connectivity index (χ2v) is 9.63. The molecule has 0 bridgehead atoms. The molecule has 1 spiro atoms. The molecule has 1 unspecified atom stereocenters. The molecule has 1 aliphatic heterocycles. The van der Waals surface area contributed by atoms with Crippen molar-refractivity contribution in [1.82, 2.24) is 15.1 Å². The smallest absolute Gasteiger partial charge is 0.254 e. The van der Waals surface area contributed by atoms with Gasteiger partial charge in [-0.2, -0.15) is 0 Å². The minimum Gasteiger partial charge on any atom is -0.377 e.